The largest absolute Gasteiger partial charge is 0.310 e. The van der Waals surface area contributed by atoms with E-state index in [0.29, 0.717) is 6.04 Å². The van der Waals surface area contributed by atoms with Gasteiger partial charge in [0.25, 0.3) is 0 Å². The van der Waals surface area contributed by atoms with Crippen molar-refractivity contribution in [1.29, 1.82) is 0 Å². The van der Waals surface area contributed by atoms with Crippen molar-refractivity contribution < 1.29 is 0 Å². The van der Waals surface area contributed by atoms with Crippen LogP contribution in [0.15, 0.2) is 22.8 Å². The molecule has 1 aromatic rings. The van der Waals surface area contributed by atoms with Gasteiger partial charge in [-0.1, -0.05) is 12.5 Å². The van der Waals surface area contributed by atoms with Gasteiger partial charge in [-0.3, -0.25) is 0 Å². The van der Waals surface area contributed by atoms with Gasteiger partial charge in [0, 0.05) is 19.1 Å². The SMILES string of the molecule is CN1CCCCC1CNCc1cccc(Br)n1. The molecule has 1 N–H and O–H groups in total. The normalized spacial score (nSPS) is 21.6. The summed E-state index contributed by atoms with van der Waals surface area (Å²) in [4.78, 5) is 6.88. The molecule has 1 saturated heterocycles. The Hall–Kier alpha value is -0.450. The Bertz CT molecular complexity index is 356. The summed E-state index contributed by atoms with van der Waals surface area (Å²) in [5.41, 5.74) is 1.10. The molecule has 1 fully saturated rings. The predicted molar refractivity (Wildman–Crippen MR) is 73.9 cm³/mol. The number of rotatable bonds is 4. The van der Waals surface area contributed by atoms with Gasteiger partial charge in [-0.05, 0) is 54.5 Å². The number of piperidine rings is 1. The van der Waals surface area contributed by atoms with Crippen LogP contribution in [0.1, 0.15) is 25.0 Å². The Labute approximate surface area is 112 Å². The standard InChI is InChI=1S/C13H20BrN3/c1-17-8-3-2-6-12(17)10-15-9-11-5-4-7-13(14)16-11/h4-5,7,12,15H,2-3,6,8-10H2,1H3. The molecular weight excluding hydrogens is 278 g/mol. The number of hydrogen-bond donors (Lipinski definition) is 1. The molecule has 1 atom stereocenters. The van der Waals surface area contributed by atoms with E-state index in [-0.39, 0.29) is 0 Å². The van der Waals surface area contributed by atoms with E-state index < -0.39 is 0 Å². The number of pyridine rings is 1. The van der Waals surface area contributed by atoms with Crippen LogP contribution in [0.5, 0.6) is 0 Å². The first-order valence-corrected chi connectivity index (χ1v) is 7.07. The molecule has 1 aliphatic rings. The Kier molecular flexibility index (Phi) is 4.95. The molecule has 2 heterocycles. The van der Waals surface area contributed by atoms with Gasteiger partial charge >= 0.3 is 0 Å². The molecular formula is C13H20BrN3. The van der Waals surface area contributed by atoms with Crippen LogP contribution in [-0.2, 0) is 6.54 Å². The van der Waals surface area contributed by atoms with Crippen molar-refractivity contribution in [1.82, 2.24) is 15.2 Å². The van der Waals surface area contributed by atoms with Crippen molar-refractivity contribution in [2.24, 2.45) is 0 Å². The fourth-order valence-electron chi connectivity index (χ4n) is 2.32. The summed E-state index contributed by atoms with van der Waals surface area (Å²) in [6.07, 6.45) is 4.03. The molecule has 0 aliphatic carbocycles. The molecule has 2 rings (SSSR count). The van der Waals surface area contributed by atoms with Gasteiger partial charge in [0.1, 0.15) is 4.60 Å². The molecule has 0 aromatic carbocycles. The highest BCUT2D eigenvalue weighted by molar-refractivity contribution is 9.10. The Morgan fingerprint density at radius 1 is 1.47 bits per heavy atom. The fraction of sp³-hybridized carbons (Fsp3) is 0.615. The fourth-order valence-corrected chi connectivity index (χ4v) is 2.70. The zero-order chi connectivity index (χ0) is 12.1. The van der Waals surface area contributed by atoms with Crippen LogP contribution in [-0.4, -0.2) is 36.1 Å². The van der Waals surface area contributed by atoms with E-state index in [9.17, 15) is 0 Å². The van der Waals surface area contributed by atoms with Crippen molar-refractivity contribution in [2.75, 3.05) is 20.1 Å². The van der Waals surface area contributed by atoms with Gasteiger partial charge in [-0.15, -0.1) is 0 Å². The Balaban J connectivity index is 1.75. The summed E-state index contributed by atoms with van der Waals surface area (Å²) >= 11 is 3.39. The number of aromatic nitrogens is 1. The minimum atomic E-state index is 0.691. The number of hydrogen-bond acceptors (Lipinski definition) is 3. The van der Waals surface area contributed by atoms with Crippen LogP contribution < -0.4 is 5.32 Å². The molecule has 1 aliphatic heterocycles. The van der Waals surface area contributed by atoms with E-state index >= 15 is 0 Å². The van der Waals surface area contributed by atoms with E-state index in [1.54, 1.807) is 0 Å². The highest BCUT2D eigenvalue weighted by Crippen LogP contribution is 2.14. The second-order valence-corrected chi connectivity index (χ2v) is 5.53. The monoisotopic (exact) mass is 297 g/mol. The summed E-state index contributed by atoms with van der Waals surface area (Å²) in [6.45, 7) is 3.15. The summed E-state index contributed by atoms with van der Waals surface area (Å²) < 4.78 is 0.909. The summed E-state index contributed by atoms with van der Waals surface area (Å²) in [7, 11) is 2.23. The topological polar surface area (TPSA) is 28.2 Å². The minimum Gasteiger partial charge on any atom is -0.310 e. The van der Waals surface area contributed by atoms with E-state index in [0.717, 1.165) is 23.4 Å². The second kappa shape index (κ2) is 6.47. The van der Waals surface area contributed by atoms with Crippen LogP contribution in [0.2, 0.25) is 0 Å². The molecule has 1 aromatic heterocycles. The van der Waals surface area contributed by atoms with Gasteiger partial charge in [0.05, 0.1) is 5.69 Å². The maximum Gasteiger partial charge on any atom is 0.106 e. The van der Waals surface area contributed by atoms with E-state index in [2.05, 4.69) is 44.2 Å². The van der Waals surface area contributed by atoms with Crippen molar-refractivity contribution in [2.45, 2.75) is 31.8 Å². The van der Waals surface area contributed by atoms with Crippen molar-refractivity contribution >= 4 is 15.9 Å². The summed E-state index contributed by atoms with van der Waals surface area (Å²) in [6, 6.07) is 6.73. The van der Waals surface area contributed by atoms with Crippen molar-refractivity contribution in [3.8, 4) is 0 Å². The van der Waals surface area contributed by atoms with Crippen LogP contribution in [0.25, 0.3) is 0 Å². The lowest BCUT2D eigenvalue weighted by Crippen LogP contribution is -2.42. The van der Waals surface area contributed by atoms with Gasteiger partial charge in [-0.25, -0.2) is 4.98 Å². The highest BCUT2D eigenvalue weighted by atomic mass is 79.9. The molecule has 4 heteroatoms. The number of nitrogens with one attached hydrogen (secondary N) is 1. The lowest BCUT2D eigenvalue weighted by molar-refractivity contribution is 0.181. The average molecular weight is 298 g/mol. The number of halogens is 1. The quantitative estimate of drug-likeness (QED) is 0.865. The Morgan fingerprint density at radius 3 is 3.12 bits per heavy atom. The van der Waals surface area contributed by atoms with Crippen LogP contribution in [0.3, 0.4) is 0 Å². The first kappa shape index (κ1) is 13.0. The molecule has 0 amide bonds. The lowest BCUT2D eigenvalue weighted by atomic mass is 10.0. The molecule has 0 radical (unpaired) electrons. The lowest BCUT2D eigenvalue weighted by Gasteiger charge is -2.32. The van der Waals surface area contributed by atoms with Gasteiger partial charge in [0.2, 0.25) is 0 Å². The predicted octanol–water partition coefficient (Wildman–Crippen LogP) is 2.42. The summed E-state index contributed by atoms with van der Waals surface area (Å²) in [5.74, 6) is 0. The van der Waals surface area contributed by atoms with Gasteiger partial charge < -0.3 is 10.2 Å². The summed E-state index contributed by atoms with van der Waals surface area (Å²) in [5, 5.41) is 3.50. The molecule has 1 unspecified atom stereocenters. The second-order valence-electron chi connectivity index (χ2n) is 4.71. The zero-order valence-electron chi connectivity index (χ0n) is 10.3. The van der Waals surface area contributed by atoms with Gasteiger partial charge in [0.15, 0.2) is 0 Å². The third-order valence-electron chi connectivity index (χ3n) is 3.38. The molecule has 3 nitrogen and oxygen atoms in total. The number of likely N-dealkylation sites (tertiary alicyclic amines) is 1. The van der Waals surface area contributed by atoms with Crippen molar-refractivity contribution in [3.05, 3.63) is 28.5 Å². The average Bonchev–Trinajstić information content (AvgIpc) is 2.32. The van der Waals surface area contributed by atoms with Crippen molar-refractivity contribution in [3.63, 3.8) is 0 Å². The molecule has 0 bridgehead atoms. The van der Waals surface area contributed by atoms with Gasteiger partial charge in [-0.2, -0.15) is 0 Å². The third kappa shape index (κ3) is 4.05. The Morgan fingerprint density at radius 2 is 2.35 bits per heavy atom. The van der Waals surface area contributed by atoms with E-state index in [4.69, 9.17) is 0 Å². The third-order valence-corrected chi connectivity index (χ3v) is 3.82. The first-order chi connectivity index (χ1) is 8.25. The molecule has 0 spiro atoms. The maximum absolute atomic E-state index is 4.42. The number of likely N-dealkylation sites (N-methyl/N-ethyl adjacent to an activating group) is 1. The zero-order valence-corrected chi connectivity index (χ0v) is 11.9. The molecule has 94 valence electrons. The van der Waals surface area contributed by atoms with Crippen LogP contribution >= 0.6 is 15.9 Å². The number of nitrogens with zero attached hydrogens (tertiary/aromatic N) is 2. The maximum atomic E-state index is 4.42. The van der Waals surface area contributed by atoms with Crippen LogP contribution in [0, 0.1) is 0 Å². The molecule has 0 saturated carbocycles. The smallest absolute Gasteiger partial charge is 0.106 e. The van der Waals surface area contributed by atoms with E-state index in [1.807, 2.05) is 12.1 Å². The van der Waals surface area contributed by atoms with Crippen LogP contribution in [0.4, 0.5) is 0 Å². The molecule has 17 heavy (non-hydrogen) atoms. The first-order valence-electron chi connectivity index (χ1n) is 6.28. The highest BCUT2D eigenvalue weighted by Gasteiger charge is 2.17. The minimum absolute atomic E-state index is 0.691. The van der Waals surface area contributed by atoms with E-state index in [1.165, 1.54) is 25.8 Å².